The van der Waals surface area contributed by atoms with Crippen molar-refractivity contribution >= 4 is 41.3 Å². The molecule has 1 fully saturated rings. The van der Waals surface area contributed by atoms with Gasteiger partial charge >= 0.3 is 5.97 Å². The van der Waals surface area contributed by atoms with E-state index < -0.39 is 17.2 Å². The number of aromatic hydroxyl groups is 3. The second-order valence-corrected chi connectivity index (χ2v) is 9.73. The Balaban J connectivity index is 0.000000181. The van der Waals surface area contributed by atoms with Gasteiger partial charge in [-0.05, 0) is 77.6 Å². The molecule has 0 unspecified atom stereocenters. The van der Waals surface area contributed by atoms with E-state index in [1.54, 1.807) is 72.8 Å². The van der Waals surface area contributed by atoms with Gasteiger partial charge < -0.3 is 20.4 Å². The SMILES string of the molecule is O=C(O)C1(c2ccc(-c3ccc(Cl)c(Cl)c3)c(F)c2)CC1.Oc1ccc(/C=C/c2cc(O)cc(O)c2)cc1. The summed E-state index contributed by atoms with van der Waals surface area (Å²) in [4.78, 5) is 11.3. The van der Waals surface area contributed by atoms with Crippen molar-refractivity contribution in [3.05, 3.63) is 111 Å². The highest BCUT2D eigenvalue weighted by molar-refractivity contribution is 6.42. The van der Waals surface area contributed by atoms with Gasteiger partial charge in [-0.3, -0.25) is 4.79 Å². The van der Waals surface area contributed by atoms with Crippen LogP contribution < -0.4 is 0 Å². The Kier molecular flexibility index (Phi) is 7.95. The predicted octanol–water partition coefficient (Wildman–Crippen LogP) is 7.89. The Morgan fingerprint density at radius 1 is 0.737 bits per heavy atom. The monoisotopic (exact) mass is 552 g/mol. The number of carbonyl (C=O) groups is 1. The molecule has 0 aromatic heterocycles. The first kappa shape index (κ1) is 27.0. The molecule has 0 aliphatic heterocycles. The molecule has 0 amide bonds. The molecule has 194 valence electrons. The van der Waals surface area contributed by atoms with Crippen LogP contribution in [0, 0.1) is 5.82 Å². The van der Waals surface area contributed by atoms with Gasteiger partial charge in [0, 0.05) is 11.6 Å². The van der Waals surface area contributed by atoms with Crippen molar-refractivity contribution in [2.75, 3.05) is 0 Å². The van der Waals surface area contributed by atoms with Crippen molar-refractivity contribution in [3.8, 4) is 28.4 Å². The van der Waals surface area contributed by atoms with Gasteiger partial charge in [0.05, 0.1) is 15.5 Å². The minimum Gasteiger partial charge on any atom is -0.508 e. The highest BCUT2D eigenvalue weighted by atomic mass is 35.5. The molecule has 0 saturated heterocycles. The first-order valence-corrected chi connectivity index (χ1v) is 12.3. The van der Waals surface area contributed by atoms with E-state index in [9.17, 15) is 24.5 Å². The fraction of sp³-hybridized carbons (Fsp3) is 0.100. The van der Waals surface area contributed by atoms with E-state index in [4.69, 9.17) is 28.3 Å². The minimum atomic E-state index is -0.906. The first-order chi connectivity index (χ1) is 18.1. The van der Waals surface area contributed by atoms with Gasteiger partial charge in [0.15, 0.2) is 0 Å². The Morgan fingerprint density at radius 2 is 1.37 bits per heavy atom. The molecule has 0 spiro atoms. The summed E-state index contributed by atoms with van der Waals surface area (Å²) in [5.74, 6) is -1.09. The molecule has 5 rings (SSSR count). The number of phenols is 3. The van der Waals surface area contributed by atoms with Crippen LogP contribution in [0.5, 0.6) is 17.2 Å². The highest BCUT2D eigenvalue weighted by Crippen LogP contribution is 2.49. The molecule has 4 N–H and O–H groups in total. The van der Waals surface area contributed by atoms with Crippen molar-refractivity contribution in [1.82, 2.24) is 0 Å². The molecule has 0 bridgehead atoms. The lowest BCUT2D eigenvalue weighted by atomic mass is 9.93. The van der Waals surface area contributed by atoms with Crippen molar-refractivity contribution in [2.24, 2.45) is 0 Å². The molecular formula is C30H23Cl2FO5. The summed E-state index contributed by atoms with van der Waals surface area (Å²) in [5.41, 5.74) is 2.21. The molecule has 1 saturated carbocycles. The predicted molar refractivity (Wildman–Crippen MR) is 147 cm³/mol. The third-order valence-electron chi connectivity index (χ3n) is 6.20. The van der Waals surface area contributed by atoms with E-state index in [2.05, 4.69) is 0 Å². The molecule has 0 radical (unpaired) electrons. The number of carboxylic acid groups (broad SMARTS) is 1. The normalized spacial score (nSPS) is 13.6. The zero-order valence-electron chi connectivity index (χ0n) is 19.9. The summed E-state index contributed by atoms with van der Waals surface area (Å²) < 4.78 is 14.3. The van der Waals surface area contributed by atoms with Crippen LogP contribution in [0.3, 0.4) is 0 Å². The average molecular weight is 553 g/mol. The number of carboxylic acids is 1. The van der Waals surface area contributed by atoms with E-state index in [-0.39, 0.29) is 17.2 Å². The van der Waals surface area contributed by atoms with Crippen LogP contribution >= 0.6 is 23.2 Å². The number of aliphatic carboxylic acids is 1. The summed E-state index contributed by atoms with van der Waals surface area (Å²) in [7, 11) is 0. The minimum absolute atomic E-state index is 0.0235. The third kappa shape index (κ3) is 6.28. The smallest absolute Gasteiger partial charge is 0.314 e. The maximum atomic E-state index is 14.3. The number of halogens is 3. The number of hydrogen-bond acceptors (Lipinski definition) is 4. The molecule has 0 heterocycles. The van der Waals surface area contributed by atoms with Gasteiger partial charge in [-0.2, -0.15) is 0 Å². The Bertz CT molecular complexity index is 1490. The molecular weight excluding hydrogens is 530 g/mol. The van der Waals surface area contributed by atoms with Gasteiger partial charge in [-0.1, -0.05) is 65.7 Å². The Hall–Kier alpha value is -4.00. The summed E-state index contributed by atoms with van der Waals surface area (Å²) in [6, 6.07) is 20.6. The largest absolute Gasteiger partial charge is 0.508 e. The second kappa shape index (κ2) is 11.2. The van der Waals surface area contributed by atoms with Crippen molar-refractivity contribution < 1.29 is 29.6 Å². The lowest BCUT2D eigenvalue weighted by molar-refractivity contribution is -0.140. The van der Waals surface area contributed by atoms with Crippen LogP contribution in [-0.4, -0.2) is 26.4 Å². The second-order valence-electron chi connectivity index (χ2n) is 8.92. The molecule has 1 aliphatic carbocycles. The lowest BCUT2D eigenvalue weighted by Gasteiger charge is -2.12. The van der Waals surface area contributed by atoms with Gasteiger partial charge in [0.25, 0.3) is 0 Å². The number of rotatable bonds is 5. The van der Waals surface area contributed by atoms with E-state index in [1.807, 2.05) is 6.08 Å². The van der Waals surface area contributed by atoms with E-state index >= 15 is 0 Å². The fourth-order valence-electron chi connectivity index (χ4n) is 3.95. The molecule has 38 heavy (non-hydrogen) atoms. The molecule has 5 nitrogen and oxygen atoms in total. The average Bonchev–Trinajstić information content (AvgIpc) is 3.68. The van der Waals surface area contributed by atoms with Gasteiger partial charge in [-0.15, -0.1) is 0 Å². The van der Waals surface area contributed by atoms with Gasteiger partial charge in [0.2, 0.25) is 0 Å². The van der Waals surface area contributed by atoms with Gasteiger partial charge in [0.1, 0.15) is 23.1 Å². The van der Waals surface area contributed by atoms with Crippen LogP contribution in [0.25, 0.3) is 23.3 Å². The van der Waals surface area contributed by atoms with Crippen molar-refractivity contribution in [2.45, 2.75) is 18.3 Å². The van der Waals surface area contributed by atoms with Crippen LogP contribution in [0.15, 0.2) is 78.9 Å². The number of benzene rings is 4. The maximum absolute atomic E-state index is 14.3. The van der Waals surface area contributed by atoms with Gasteiger partial charge in [-0.25, -0.2) is 4.39 Å². The molecule has 0 atom stereocenters. The van der Waals surface area contributed by atoms with Crippen molar-refractivity contribution in [1.29, 1.82) is 0 Å². The zero-order chi connectivity index (χ0) is 27.4. The summed E-state index contributed by atoms with van der Waals surface area (Å²) in [6.45, 7) is 0. The lowest BCUT2D eigenvalue weighted by Crippen LogP contribution is -2.19. The van der Waals surface area contributed by atoms with Crippen LogP contribution in [0.2, 0.25) is 10.0 Å². The zero-order valence-corrected chi connectivity index (χ0v) is 21.4. The standard InChI is InChI=1S/C16H11Cl2FO2.C14H12O3/c17-12-4-1-9(7-13(12)18)11-3-2-10(8-14(11)19)16(5-6-16)15(20)21;15-12-5-3-10(4-6-12)1-2-11-7-13(16)9-14(17)8-11/h1-4,7-8H,5-6H2,(H,20,21);1-9,15-17H/b;2-1+. The third-order valence-corrected chi connectivity index (χ3v) is 6.94. The van der Waals surface area contributed by atoms with Crippen LogP contribution in [0.4, 0.5) is 4.39 Å². The molecule has 4 aromatic rings. The Labute approximate surface area is 228 Å². The Morgan fingerprint density at radius 3 is 1.92 bits per heavy atom. The van der Waals surface area contributed by atoms with E-state index in [0.717, 1.165) is 5.56 Å². The highest BCUT2D eigenvalue weighted by Gasteiger charge is 2.51. The maximum Gasteiger partial charge on any atom is 0.314 e. The van der Waals surface area contributed by atoms with E-state index in [0.29, 0.717) is 45.1 Å². The van der Waals surface area contributed by atoms with Crippen LogP contribution in [0.1, 0.15) is 29.5 Å². The summed E-state index contributed by atoms with van der Waals surface area (Å²) in [6.07, 6.45) is 4.70. The fourth-order valence-corrected chi connectivity index (χ4v) is 4.25. The van der Waals surface area contributed by atoms with E-state index in [1.165, 1.54) is 12.1 Å². The van der Waals surface area contributed by atoms with Crippen LogP contribution in [-0.2, 0) is 10.2 Å². The quantitative estimate of drug-likeness (QED) is 0.189. The summed E-state index contributed by atoms with van der Waals surface area (Å²) in [5, 5.41) is 37.7. The first-order valence-electron chi connectivity index (χ1n) is 11.6. The number of phenolic OH excluding ortho intramolecular Hbond substituents is 3. The van der Waals surface area contributed by atoms with Crippen molar-refractivity contribution in [3.63, 3.8) is 0 Å². The molecule has 4 aromatic carbocycles. The topological polar surface area (TPSA) is 98.0 Å². The molecule has 1 aliphatic rings. The molecule has 8 heteroatoms. The summed E-state index contributed by atoms with van der Waals surface area (Å²) >= 11 is 11.8. The number of hydrogen-bond donors (Lipinski definition) is 4.